The molecule has 4 N–H and O–H groups in total. The van der Waals surface area contributed by atoms with E-state index >= 15 is 0 Å². The molecule has 1 rings (SSSR count). The quantitative estimate of drug-likeness (QED) is 0.300. The van der Waals surface area contributed by atoms with Crippen molar-refractivity contribution in [2.45, 2.75) is 95.9 Å². The number of aliphatic carboxylic acids is 1. The summed E-state index contributed by atoms with van der Waals surface area (Å²) >= 11 is 0. The highest BCUT2D eigenvalue weighted by molar-refractivity contribution is 5.66. The van der Waals surface area contributed by atoms with Crippen molar-refractivity contribution < 1.29 is 25.2 Å². The average molecular weight is 357 g/mol. The van der Waals surface area contributed by atoms with E-state index in [-0.39, 0.29) is 18.3 Å². The summed E-state index contributed by atoms with van der Waals surface area (Å²) in [5.74, 6) is -0.833. The summed E-state index contributed by atoms with van der Waals surface area (Å²) in [6.07, 6.45) is 11.0. The Morgan fingerprint density at radius 3 is 2.48 bits per heavy atom. The molecule has 25 heavy (non-hydrogen) atoms. The summed E-state index contributed by atoms with van der Waals surface area (Å²) in [6, 6.07) is 0. The van der Waals surface area contributed by atoms with Crippen LogP contribution in [0.2, 0.25) is 0 Å². The number of carbonyl (C=O) groups is 1. The maximum atomic E-state index is 10.5. The summed E-state index contributed by atoms with van der Waals surface area (Å²) in [5.41, 5.74) is 0. The largest absolute Gasteiger partial charge is 0.481 e. The molecule has 5 heteroatoms. The van der Waals surface area contributed by atoms with Gasteiger partial charge in [0, 0.05) is 18.8 Å². The summed E-state index contributed by atoms with van der Waals surface area (Å²) in [4.78, 5) is 10.5. The number of hydrogen-bond acceptors (Lipinski definition) is 4. The van der Waals surface area contributed by atoms with Crippen LogP contribution in [-0.2, 0) is 4.79 Å². The second kappa shape index (κ2) is 12.4. The number of aliphatic hydroxyl groups excluding tert-OH is 3. The van der Waals surface area contributed by atoms with Crippen molar-refractivity contribution in [3.63, 3.8) is 0 Å². The van der Waals surface area contributed by atoms with E-state index in [4.69, 9.17) is 5.11 Å². The van der Waals surface area contributed by atoms with Gasteiger partial charge in [0.05, 0.1) is 18.3 Å². The third kappa shape index (κ3) is 8.84. The predicted molar refractivity (Wildman–Crippen MR) is 98.2 cm³/mol. The van der Waals surface area contributed by atoms with Gasteiger partial charge in [0.15, 0.2) is 0 Å². The molecule has 0 aromatic carbocycles. The zero-order valence-electron chi connectivity index (χ0n) is 15.5. The highest BCUT2D eigenvalue weighted by atomic mass is 16.4. The normalized spacial score (nSPS) is 27.8. The topological polar surface area (TPSA) is 98.0 Å². The molecule has 5 nitrogen and oxygen atoms in total. The summed E-state index contributed by atoms with van der Waals surface area (Å²) < 4.78 is 0. The molecule has 146 valence electrons. The molecule has 0 radical (unpaired) electrons. The van der Waals surface area contributed by atoms with Crippen molar-refractivity contribution in [1.82, 2.24) is 0 Å². The smallest absolute Gasteiger partial charge is 0.303 e. The SMILES string of the molecule is CCCCC[C@H](O)C=C[C@@H]1C(CCCCCCC(=O)O)[C@@H](O)C[C@H]1O. The van der Waals surface area contributed by atoms with Crippen LogP contribution < -0.4 is 0 Å². The maximum Gasteiger partial charge on any atom is 0.303 e. The lowest BCUT2D eigenvalue weighted by molar-refractivity contribution is -0.137. The molecule has 0 spiro atoms. The second-order valence-corrected chi connectivity index (χ2v) is 7.41. The van der Waals surface area contributed by atoms with Crippen LogP contribution in [0.1, 0.15) is 77.6 Å². The molecule has 0 amide bonds. The number of hydrogen-bond donors (Lipinski definition) is 4. The van der Waals surface area contributed by atoms with E-state index < -0.39 is 24.3 Å². The van der Waals surface area contributed by atoms with Gasteiger partial charge in [-0.15, -0.1) is 0 Å². The van der Waals surface area contributed by atoms with Gasteiger partial charge >= 0.3 is 5.97 Å². The highest BCUT2D eigenvalue weighted by Gasteiger charge is 2.39. The molecular formula is C20H36O5. The summed E-state index contributed by atoms with van der Waals surface area (Å²) in [5, 5.41) is 39.0. The van der Waals surface area contributed by atoms with E-state index in [0.717, 1.165) is 51.4 Å². The van der Waals surface area contributed by atoms with Crippen LogP contribution in [-0.4, -0.2) is 44.7 Å². The highest BCUT2D eigenvalue weighted by Crippen LogP contribution is 2.37. The maximum absolute atomic E-state index is 10.5. The molecule has 0 bridgehead atoms. The molecular weight excluding hydrogens is 320 g/mol. The van der Waals surface area contributed by atoms with Gasteiger partial charge in [-0.25, -0.2) is 0 Å². The monoisotopic (exact) mass is 356 g/mol. The van der Waals surface area contributed by atoms with Crippen LogP contribution in [0.5, 0.6) is 0 Å². The molecule has 1 saturated carbocycles. The average Bonchev–Trinajstić information content (AvgIpc) is 2.82. The van der Waals surface area contributed by atoms with Crippen molar-refractivity contribution in [2.24, 2.45) is 11.8 Å². The zero-order chi connectivity index (χ0) is 18.7. The predicted octanol–water partition coefficient (Wildman–Crippen LogP) is 3.27. The Balaban J connectivity index is 2.38. The number of carboxylic acids is 1. The lowest BCUT2D eigenvalue weighted by Crippen LogP contribution is -2.21. The van der Waals surface area contributed by atoms with Crippen molar-refractivity contribution in [1.29, 1.82) is 0 Å². The first-order chi connectivity index (χ1) is 12.0. The van der Waals surface area contributed by atoms with Crippen molar-refractivity contribution in [3.05, 3.63) is 12.2 Å². The van der Waals surface area contributed by atoms with Gasteiger partial charge in [0.1, 0.15) is 0 Å². The summed E-state index contributed by atoms with van der Waals surface area (Å²) in [6.45, 7) is 2.13. The van der Waals surface area contributed by atoms with E-state index in [1.807, 2.05) is 6.08 Å². The lowest BCUT2D eigenvalue weighted by Gasteiger charge is -2.21. The fourth-order valence-corrected chi connectivity index (χ4v) is 3.74. The van der Waals surface area contributed by atoms with Gasteiger partial charge in [-0.1, -0.05) is 57.6 Å². The van der Waals surface area contributed by atoms with Crippen LogP contribution in [0.3, 0.4) is 0 Å². The molecule has 1 fully saturated rings. The van der Waals surface area contributed by atoms with Gasteiger partial charge in [-0.3, -0.25) is 4.79 Å². The minimum absolute atomic E-state index is 0.0218. The standard InChI is InChI=1S/C20H36O5/c1-2-3-6-9-15(21)12-13-17-16(18(22)14-19(17)23)10-7-4-5-8-11-20(24)25/h12-13,15-19,21-23H,2-11,14H2,1H3,(H,24,25)/t15-,16?,17+,18-,19+/m0/s1. The lowest BCUT2D eigenvalue weighted by atomic mass is 9.88. The third-order valence-corrected chi connectivity index (χ3v) is 5.25. The van der Waals surface area contributed by atoms with E-state index in [2.05, 4.69) is 6.92 Å². The number of aliphatic hydroxyl groups is 3. The molecule has 0 saturated heterocycles. The van der Waals surface area contributed by atoms with E-state index in [1.165, 1.54) is 0 Å². The minimum Gasteiger partial charge on any atom is -0.481 e. The Kier molecular flexibility index (Phi) is 11.0. The van der Waals surface area contributed by atoms with Crippen LogP contribution in [0.15, 0.2) is 12.2 Å². The van der Waals surface area contributed by atoms with Crippen LogP contribution in [0, 0.1) is 11.8 Å². The molecule has 1 aliphatic rings. The zero-order valence-corrected chi connectivity index (χ0v) is 15.5. The van der Waals surface area contributed by atoms with Gasteiger partial charge in [0.2, 0.25) is 0 Å². The molecule has 0 aliphatic heterocycles. The minimum atomic E-state index is -0.753. The van der Waals surface area contributed by atoms with E-state index in [0.29, 0.717) is 12.8 Å². The van der Waals surface area contributed by atoms with Gasteiger partial charge in [-0.2, -0.15) is 0 Å². The van der Waals surface area contributed by atoms with Gasteiger partial charge in [0.25, 0.3) is 0 Å². The fourth-order valence-electron chi connectivity index (χ4n) is 3.74. The Morgan fingerprint density at radius 1 is 1.08 bits per heavy atom. The Hall–Kier alpha value is -0.910. The number of unbranched alkanes of at least 4 members (excludes halogenated alkanes) is 5. The van der Waals surface area contributed by atoms with Crippen molar-refractivity contribution >= 4 is 5.97 Å². The first-order valence-electron chi connectivity index (χ1n) is 9.90. The van der Waals surface area contributed by atoms with Crippen LogP contribution >= 0.6 is 0 Å². The fraction of sp³-hybridized carbons (Fsp3) is 0.850. The molecule has 5 atom stereocenters. The first kappa shape index (κ1) is 22.1. The molecule has 0 aromatic heterocycles. The summed E-state index contributed by atoms with van der Waals surface area (Å²) in [7, 11) is 0. The van der Waals surface area contributed by atoms with E-state index in [9.17, 15) is 20.1 Å². The first-order valence-corrected chi connectivity index (χ1v) is 9.90. The Bertz CT molecular complexity index is 396. The van der Waals surface area contributed by atoms with E-state index in [1.54, 1.807) is 6.08 Å². The molecule has 1 aliphatic carbocycles. The van der Waals surface area contributed by atoms with Gasteiger partial charge in [-0.05, 0) is 25.2 Å². The van der Waals surface area contributed by atoms with Crippen LogP contribution in [0.4, 0.5) is 0 Å². The van der Waals surface area contributed by atoms with Crippen molar-refractivity contribution in [2.75, 3.05) is 0 Å². The Morgan fingerprint density at radius 2 is 1.80 bits per heavy atom. The van der Waals surface area contributed by atoms with Gasteiger partial charge < -0.3 is 20.4 Å². The second-order valence-electron chi connectivity index (χ2n) is 7.41. The Labute approximate surface area is 151 Å². The van der Waals surface area contributed by atoms with Crippen LogP contribution in [0.25, 0.3) is 0 Å². The number of rotatable bonds is 13. The molecule has 1 unspecified atom stereocenters. The number of carboxylic acid groups (broad SMARTS) is 1. The van der Waals surface area contributed by atoms with Crippen molar-refractivity contribution in [3.8, 4) is 0 Å². The third-order valence-electron chi connectivity index (χ3n) is 5.25. The molecule has 0 heterocycles. The molecule has 0 aromatic rings.